The van der Waals surface area contributed by atoms with Gasteiger partial charge in [-0.05, 0) is 25.7 Å². The molecule has 13 nitrogen and oxygen atoms in total. The largest absolute Gasteiger partial charge is 0.467 e. The van der Waals surface area contributed by atoms with Gasteiger partial charge in [-0.2, -0.15) is 0 Å². The van der Waals surface area contributed by atoms with Crippen LogP contribution in [0.3, 0.4) is 0 Å². The van der Waals surface area contributed by atoms with E-state index in [-0.39, 0.29) is 32.2 Å². The first-order valence-electron chi connectivity index (χ1n) is 13.1. The number of carbonyl (C=O) groups is 4. The standard InChI is InChI=1S/C25H32O13/c1-4-5-6-12-9-13-23-15(27)16-24(31,11(2)18(28)36-16)25(23,20(30)35-13)38-21-22(12,23)17(19(29)37-21)34-8-7-33-10-14(26)32-3/h11-13,15-17,21,27,31H,4-10H2,1-3H3/t11?,12-,13?,15+,16?,17+,21+,22?,23?,24-,25+/m1/s1. The first kappa shape index (κ1) is 25.9. The third-order valence-electron chi connectivity index (χ3n) is 9.94. The summed E-state index contributed by atoms with van der Waals surface area (Å²) in [5.74, 6) is -4.60. The molecule has 6 fully saturated rings. The average molecular weight is 541 g/mol. The molecule has 4 aliphatic heterocycles. The van der Waals surface area contributed by atoms with E-state index in [4.69, 9.17) is 28.4 Å². The van der Waals surface area contributed by atoms with E-state index in [9.17, 15) is 29.4 Å². The first-order chi connectivity index (χ1) is 18.1. The Balaban J connectivity index is 1.45. The van der Waals surface area contributed by atoms with Gasteiger partial charge in [0.15, 0.2) is 17.8 Å². The van der Waals surface area contributed by atoms with Crippen LogP contribution in [0.25, 0.3) is 0 Å². The molecule has 0 amide bonds. The van der Waals surface area contributed by atoms with Gasteiger partial charge in [-0.25, -0.2) is 14.4 Å². The van der Waals surface area contributed by atoms with E-state index in [1.807, 2.05) is 6.92 Å². The molecule has 5 unspecified atom stereocenters. The van der Waals surface area contributed by atoms with E-state index in [0.717, 1.165) is 12.8 Å². The normalized spacial score (nSPS) is 49.3. The highest BCUT2D eigenvalue weighted by Crippen LogP contribution is 2.83. The molecule has 38 heavy (non-hydrogen) atoms. The number of unbranched alkanes of at least 4 members (excludes halogenated alkanes) is 1. The highest BCUT2D eigenvalue weighted by Gasteiger charge is 3.03. The van der Waals surface area contributed by atoms with Crippen LogP contribution < -0.4 is 0 Å². The Hall–Kier alpha value is -2.32. The Morgan fingerprint density at radius 3 is 2.61 bits per heavy atom. The minimum atomic E-state index is -2.26. The summed E-state index contributed by atoms with van der Waals surface area (Å²) >= 11 is 0. The lowest BCUT2D eigenvalue weighted by atomic mass is 9.53. The third-order valence-corrected chi connectivity index (χ3v) is 9.94. The molecule has 2 N–H and O–H groups in total. The Morgan fingerprint density at radius 1 is 1.13 bits per heavy atom. The maximum absolute atomic E-state index is 13.7. The summed E-state index contributed by atoms with van der Waals surface area (Å²) in [6, 6.07) is 0. The summed E-state index contributed by atoms with van der Waals surface area (Å²) in [6.45, 7) is 2.94. The van der Waals surface area contributed by atoms with Gasteiger partial charge in [-0.3, -0.25) is 4.79 Å². The summed E-state index contributed by atoms with van der Waals surface area (Å²) in [6.07, 6.45) is -4.18. The van der Waals surface area contributed by atoms with E-state index < -0.39 is 82.5 Å². The van der Waals surface area contributed by atoms with Crippen molar-refractivity contribution in [2.24, 2.45) is 22.7 Å². The topological polar surface area (TPSA) is 173 Å². The summed E-state index contributed by atoms with van der Waals surface area (Å²) in [5.41, 5.74) is -7.58. The number of rotatable bonds is 9. The van der Waals surface area contributed by atoms with Gasteiger partial charge in [0, 0.05) is 0 Å². The second-order valence-electron chi connectivity index (χ2n) is 11.1. The first-order valence-corrected chi connectivity index (χ1v) is 13.1. The molecular formula is C25H32O13. The van der Waals surface area contributed by atoms with Crippen LogP contribution in [0.4, 0.5) is 0 Å². The van der Waals surface area contributed by atoms with Gasteiger partial charge in [-0.1, -0.05) is 19.8 Å². The number of carbonyl (C=O) groups excluding carboxylic acids is 4. The van der Waals surface area contributed by atoms with Crippen molar-refractivity contribution in [2.75, 3.05) is 26.9 Å². The minimum absolute atomic E-state index is 0.0547. The van der Waals surface area contributed by atoms with E-state index >= 15 is 0 Å². The molecule has 13 heteroatoms. The zero-order valence-electron chi connectivity index (χ0n) is 21.4. The number of ether oxygens (including phenoxy) is 7. The summed E-state index contributed by atoms with van der Waals surface area (Å²) < 4.78 is 39.2. The number of fused-ring (bicyclic) bond motifs is 1. The van der Waals surface area contributed by atoms with E-state index in [1.165, 1.54) is 14.0 Å². The van der Waals surface area contributed by atoms with Gasteiger partial charge in [0.25, 0.3) is 0 Å². The van der Waals surface area contributed by atoms with Crippen molar-refractivity contribution in [3.8, 4) is 0 Å². The number of hydrogen-bond acceptors (Lipinski definition) is 13. The fraction of sp³-hybridized carbons (Fsp3) is 0.840. The van der Waals surface area contributed by atoms with Gasteiger partial charge < -0.3 is 43.4 Å². The van der Waals surface area contributed by atoms with E-state index in [0.29, 0.717) is 6.42 Å². The maximum atomic E-state index is 13.7. The van der Waals surface area contributed by atoms with Gasteiger partial charge >= 0.3 is 23.9 Å². The molecule has 2 saturated carbocycles. The Kier molecular flexibility index (Phi) is 5.69. The summed E-state index contributed by atoms with van der Waals surface area (Å²) in [5, 5.41) is 24.1. The van der Waals surface area contributed by atoms with E-state index in [1.54, 1.807) is 0 Å². The zero-order valence-corrected chi connectivity index (χ0v) is 21.4. The molecule has 2 spiro atoms. The summed E-state index contributed by atoms with van der Waals surface area (Å²) in [7, 11) is 1.23. The number of esters is 4. The Morgan fingerprint density at radius 2 is 1.89 bits per heavy atom. The molecule has 4 heterocycles. The fourth-order valence-electron chi connectivity index (χ4n) is 8.63. The molecule has 210 valence electrons. The Labute approximate surface area is 217 Å². The number of aliphatic hydroxyl groups is 2. The lowest BCUT2D eigenvalue weighted by Crippen LogP contribution is -2.67. The molecule has 6 rings (SSSR count). The maximum Gasteiger partial charge on any atom is 0.343 e. The third kappa shape index (κ3) is 2.51. The van der Waals surface area contributed by atoms with Crippen LogP contribution in [0.1, 0.15) is 39.5 Å². The minimum Gasteiger partial charge on any atom is -0.467 e. The number of hydrogen-bond donors (Lipinski definition) is 2. The molecule has 0 radical (unpaired) electrons. The highest BCUT2D eigenvalue weighted by atomic mass is 16.8. The smallest absolute Gasteiger partial charge is 0.343 e. The molecule has 11 atom stereocenters. The molecule has 2 aliphatic carbocycles. The molecule has 0 aromatic carbocycles. The fourth-order valence-corrected chi connectivity index (χ4v) is 8.63. The predicted octanol–water partition coefficient (Wildman–Crippen LogP) is -1.01. The van der Waals surface area contributed by atoms with Crippen LogP contribution >= 0.6 is 0 Å². The molecular weight excluding hydrogens is 508 g/mol. The molecule has 0 aromatic heterocycles. The van der Waals surface area contributed by atoms with Crippen molar-refractivity contribution in [2.45, 2.75) is 81.4 Å². The predicted molar refractivity (Wildman–Crippen MR) is 119 cm³/mol. The van der Waals surface area contributed by atoms with Crippen LogP contribution in [0.5, 0.6) is 0 Å². The van der Waals surface area contributed by atoms with Crippen molar-refractivity contribution in [3.63, 3.8) is 0 Å². The van der Waals surface area contributed by atoms with Crippen molar-refractivity contribution >= 4 is 23.9 Å². The highest BCUT2D eigenvalue weighted by molar-refractivity contribution is 5.94. The second-order valence-corrected chi connectivity index (χ2v) is 11.1. The van der Waals surface area contributed by atoms with E-state index in [2.05, 4.69) is 4.74 Å². The van der Waals surface area contributed by atoms with Crippen LogP contribution in [0.15, 0.2) is 0 Å². The molecule has 6 aliphatic rings. The molecule has 0 bridgehead atoms. The van der Waals surface area contributed by atoms with Crippen molar-refractivity contribution in [1.29, 1.82) is 0 Å². The monoisotopic (exact) mass is 540 g/mol. The number of aliphatic hydroxyl groups excluding tert-OH is 1. The van der Waals surface area contributed by atoms with Gasteiger partial charge in [0.05, 0.1) is 37.1 Å². The lowest BCUT2D eigenvalue weighted by Gasteiger charge is -2.45. The molecule has 0 aromatic rings. The zero-order chi connectivity index (χ0) is 27.3. The van der Waals surface area contributed by atoms with Crippen LogP contribution in [0, 0.1) is 22.7 Å². The van der Waals surface area contributed by atoms with Gasteiger partial charge in [0.1, 0.15) is 18.8 Å². The van der Waals surface area contributed by atoms with Gasteiger partial charge in [0.2, 0.25) is 11.9 Å². The SMILES string of the molecule is CCCC[C@@H]1CC2OC(=O)[C@]34O[C@@H]5OC(=O)[C@H](OCCOCC(=O)OC)C15C23[C@@H](O)C1OC(=O)C(C)[C@@]14O. The van der Waals surface area contributed by atoms with Crippen LogP contribution in [-0.4, -0.2) is 103 Å². The molecule has 4 saturated heterocycles. The lowest BCUT2D eigenvalue weighted by molar-refractivity contribution is -0.239. The second kappa shape index (κ2) is 8.34. The van der Waals surface area contributed by atoms with Gasteiger partial charge in [-0.15, -0.1) is 0 Å². The van der Waals surface area contributed by atoms with Crippen LogP contribution in [-0.2, 0) is 52.3 Å². The quantitative estimate of drug-likeness (QED) is 0.207. The summed E-state index contributed by atoms with van der Waals surface area (Å²) in [4.78, 5) is 50.9. The average Bonchev–Trinajstić information content (AvgIpc) is 3.60. The number of methoxy groups -OCH3 is 1. The Bertz CT molecular complexity index is 1080. The van der Waals surface area contributed by atoms with Crippen molar-refractivity contribution in [3.05, 3.63) is 0 Å². The van der Waals surface area contributed by atoms with Crippen molar-refractivity contribution in [1.82, 2.24) is 0 Å². The van der Waals surface area contributed by atoms with Crippen LogP contribution in [0.2, 0.25) is 0 Å². The van der Waals surface area contributed by atoms with Crippen molar-refractivity contribution < 1.29 is 62.5 Å².